The Morgan fingerprint density at radius 3 is 2.43 bits per heavy atom. The number of anilines is 1. The molecule has 0 spiro atoms. The molecule has 0 radical (unpaired) electrons. The molecule has 0 saturated heterocycles. The summed E-state index contributed by atoms with van der Waals surface area (Å²) >= 11 is 0. The molecule has 0 aliphatic carbocycles. The molecule has 5 nitrogen and oxygen atoms in total. The van der Waals surface area contributed by atoms with Crippen molar-refractivity contribution in [3.63, 3.8) is 0 Å². The molecule has 0 amide bonds. The summed E-state index contributed by atoms with van der Waals surface area (Å²) in [6.45, 7) is 8.81. The molecule has 0 unspecified atom stereocenters. The molecule has 1 atom stereocenters. The van der Waals surface area contributed by atoms with Crippen LogP contribution in [-0.4, -0.2) is 21.4 Å². The Bertz CT molecular complexity index is 825. The van der Waals surface area contributed by atoms with Crippen LogP contribution in [0.25, 0.3) is 11.1 Å². The van der Waals surface area contributed by atoms with Crippen LogP contribution in [0, 0.1) is 22.7 Å². The Balaban J connectivity index is 2.22. The fourth-order valence-electron chi connectivity index (χ4n) is 3.25. The summed E-state index contributed by atoms with van der Waals surface area (Å²) in [6.07, 6.45) is 10.3. The number of hydrogen-bond acceptors (Lipinski definition) is 5. The van der Waals surface area contributed by atoms with Gasteiger partial charge in [0, 0.05) is 35.3 Å². The van der Waals surface area contributed by atoms with Gasteiger partial charge in [-0.05, 0) is 42.4 Å². The van der Waals surface area contributed by atoms with Crippen molar-refractivity contribution in [2.75, 3.05) is 5.73 Å². The van der Waals surface area contributed by atoms with Crippen molar-refractivity contribution in [3.8, 4) is 11.1 Å². The van der Waals surface area contributed by atoms with E-state index >= 15 is 0 Å². The van der Waals surface area contributed by atoms with Gasteiger partial charge in [0.2, 0.25) is 0 Å². The summed E-state index contributed by atoms with van der Waals surface area (Å²) in [5, 5.41) is 16.4. The number of nitrogens with one attached hydrogen (secondary N) is 2. The summed E-state index contributed by atoms with van der Waals surface area (Å²) in [4.78, 5) is 8.69. The number of nitrogens with two attached hydrogens (primary N) is 1. The molecule has 0 bridgehead atoms. The van der Waals surface area contributed by atoms with Crippen molar-refractivity contribution in [1.29, 1.82) is 10.8 Å². The van der Waals surface area contributed by atoms with Crippen LogP contribution in [0.5, 0.6) is 0 Å². The molecule has 28 heavy (non-hydrogen) atoms. The second-order valence-electron chi connectivity index (χ2n) is 8.12. The Kier molecular flexibility index (Phi) is 7.85. The van der Waals surface area contributed by atoms with Crippen molar-refractivity contribution in [2.45, 2.75) is 59.8 Å². The number of rotatable bonds is 10. The maximum absolute atomic E-state index is 8.29. The summed E-state index contributed by atoms with van der Waals surface area (Å²) in [5.41, 5.74) is 10.0. The van der Waals surface area contributed by atoms with Crippen molar-refractivity contribution in [3.05, 3.63) is 41.9 Å². The fraction of sp³-hybridized carbons (Fsp3) is 0.478. The monoisotopic (exact) mass is 379 g/mol. The van der Waals surface area contributed by atoms with Gasteiger partial charge in [-0.3, -0.25) is 10.4 Å². The van der Waals surface area contributed by atoms with E-state index in [2.05, 4.69) is 36.8 Å². The standard InChI is InChI=1S/C23H33N5/c1-5-6-21(24)22(25)20-11-19(14-28-23(20)26)18-10-17(12-27-13-18)9-16(4)8-7-15(2)3/h10-16,24-25H,5-9H2,1-4H3,(H2,26,28)/t16-/m0/s1. The lowest BCUT2D eigenvalue weighted by molar-refractivity contribution is 0.448. The number of aromatic nitrogens is 2. The SMILES string of the molecule is CCCC(=N)C(=N)c1cc(-c2cncc(C[C@@H](C)CCC(C)C)c2)cnc1N. The largest absolute Gasteiger partial charge is 0.383 e. The maximum atomic E-state index is 8.29. The molecule has 2 aromatic rings. The lowest BCUT2D eigenvalue weighted by atomic mass is 9.93. The smallest absolute Gasteiger partial charge is 0.132 e. The second kappa shape index (κ2) is 10.1. The predicted octanol–water partition coefficient (Wildman–Crippen LogP) is 5.53. The van der Waals surface area contributed by atoms with Crippen molar-refractivity contribution in [1.82, 2.24) is 9.97 Å². The van der Waals surface area contributed by atoms with Crippen LogP contribution >= 0.6 is 0 Å². The highest BCUT2D eigenvalue weighted by Crippen LogP contribution is 2.25. The Morgan fingerprint density at radius 2 is 1.75 bits per heavy atom. The quantitative estimate of drug-likeness (QED) is 0.473. The number of nitrogen functional groups attached to an aromatic ring is 1. The molecule has 5 heteroatoms. The van der Waals surface area contributed by atoms with Gasteiger partial charge in [0.05, 0.1) is 11.4 Å². The number of pyridine rings is 2. The highest BCUT2D eigenvalue weighted by atomic mass is 14.8. The third-order valence-corrected chi connectivity index (χ3v) is 4.94. The van der Waals surface area contributed by atoms with Crippen molar-refractivity contribution < 1.29 is 0 Å². The van der Waals surface area contributed by atoms with Crippen LogP contribution in [0.4, 0.5) is 5.82 Å². The first-order valence-electron chi connectivity index (χ1n) is 10.2. The molecule has 0 saturated carbocycles. The molecule has 2 heterocycles. The molecule has 0 aromatic carbocycles. The predicted molar refractivity (Wildman–Crippen MR) is 118 cm³/mol. The van der Waals surface area contributed by atoms with Crippen LogP contribution in [-0.2, 0) is 6.42 Å². The number of hydrogen-bond donors (Lipinski definition) is 3. The molecule has 4 N–H and O–H groups in total. The van der Waals surface area contributed by atoms with Gasteiger partial charge in [0.15, 0.2) is 0 Å². The zero-order valence-electron chi connectivity index (χ0n) is 17.5. The molecule has 0 fully saturated rings. The normalized spacial score (nSPS) is 12.2. The minimum atomic E-state index is 0.153. The van der Waals surface area contributed by atoms with Gasteiger partial charge in [-0.1, -0.05) is 47.0 Å². The molecule has 0 aliphatic rings. The maximum Gasteiger partial charge on any atom is 0.132 e. The minimum absolute atomic E-state index is 0.153. The van der Waals surface area contributed by atoms with E-state index in [4.69, 9.17) is 16.6 Å². The summed E-state index contributed by atoms with van der Waals surface area (Å²) in [6, 6.07) is 4.01. The van der Waals surface area contributed by atoms with Crippen LogP contribution < -0.4 is 5.73 Å². The van der Waals surface area contributed by atoms with E-state index in [1.54, 1.807) is 6.20 Å². The topological polar surface area (TPSA) is 99.5 Å². The van der Waals surface area contributed by atoms with E-state index < -0.39 is 0 Å². The zero-order chi connectivity index (χ0) is 20.7. The number of nitrogens with zero attached hydrogens (tertiary/aromatic N) is 2. The Hall–Kier alpha value is -2.56. The fourth-order valence-corrected chi connectivity index (χ4v) is 3.25. The van der Waals surface area contributed by atoms with Gasteiger partial charge in [-0.2, -0.15) is 0 Å². The average Bonchev–Trinajstić information content (AvgIpc) is 2.66. The summed E-state index contributed by atoms with van der Waals surface area (Å²) in [5.74, 6) is 1.64. The van der Waals surface area contributed by atoms with Crippen LogP contribution in [0.15, 0.2) is 30.7 Å². The van der Waals surface area contributed by atoms with Gasteiger partial charge in [0.25, 0.3) is 0 Å². The van der Waals surface area contributed by atoms with Crippen LogP contribution in [0.1, 0.15) is 64.5 Å². The van der Waals surface area contributed by atoms with Crippen LogP contribution in [0.3, 0.4) is 0 Å². The van der Waals surface area contributed by atoms with Gasteiger partial charge < -0.3 is 11.1 Å². The van der Waals surface area contributed by atoms with Crippen molar-refractivity contribution >= 4 is 17.2 Å². The molecule has 150 valence electrons. The van der Waals surface area contributed by atoms with E-state index in [0.717, 1.165) is 29.9 Å². The molecule has 2 rings (SSSR count). The first-order valence-corrected chi connectivity index (χ1v) is 10.2. The van der Waals surface area contributed by atoms with Crippen LogP contribution in [0.2, 0.25) is 0 Å². The lowest BCUT2D eigenvalue weighted by Crippen LogP contribution is -2.15. The highest BCUT2D eigenvalue weighted by Gasteiger charge is 2.14. The molecule has 0 aliphatic heterocycles. The van der Waals surface area contributed by atoms with Gasteiger partial charge in [-0.25, -0.2) is 4.98 Å². The van der Waals surface area contributed by atoms with Gasteiger partial charge in [-0.15, -0.1) is 0 Å². The Morgan fingerprint density at radius 1 is 1.04 bits per heavy atom. The van der Waals surface area contributed by atoms with Crippen molar-refractivity contribution in [2.24, 2.45) is 11.8 Å². The molecular weight excluding hydrogens is 346 g/mol. The summed E-state index contributed by atoms with van der Waals surface area (Å²) < 4.78 is 0. The first-order chi connectivity index (χ1) is 13.3. The van der Waals surface area contributed by atoms with E-state index in [9.17, 15) is 0 Å². The molecular formula is C23H33N5. The van der Waals surface area contributed by atoms with Gasteiger partial charge in [0.1, 0.15) is 5.82 Å². The van der Waals surface area contributed by atoms with Gasteiger partial charge >= 0.3 is 0 Å². The lowest BCUT2D eigenvalue weighted by Gasteiger charge is -2.14. The van der Waals surface area contributed by atoms with E-state index in [1.807, 2.05) is 25.4 Å². The third kappa shape index (κ3) is 5.98. The summed E-state index contributed by atoms with van der Waals surface area (Å²) in [7, 11) is 0. The van der Waals surface area contributed by atoms with E-state index in [1.165, 1.54) is 18.4 Å². The van der Waals surface area contributed by atoms with E-state index in [0.29, 0.717) is 29.4 Å². The third-order valence-electron chi connectivity index (χ3n) is 4.94. The highest BCUT2D eigenvalue weighted by molar-refractivity contribution is 6.47. The van der Waals surface area contributed by atoms with E-state index in [-0.39, 0.29) is 5.71 Å². The molecule has 2 aromatic heterocycles. The zero-order valence-corrected chi connectivity index (χ0v) is 17.5. The first kappa shape index (κ1) is 21.7. The second-order valence-corrected chi connectivity index (χ2v) is 8.12. The average molecular weight is 380 g/mol. The minimum Gasteiger partial charge on any atom is -0.383 e. The Labute approximate surface area is 168 Å².